The predicted molar refractivity (Wildman–Crippen MR) is 79.5 cm³/mol. The molecule has 0 saturated carbocycles. The van der Waals surface area contributed by atoms with Gasteiger partial charge in [0, 0.05) is 22.9 Å². The number of halogens is 2. The number of hydrogen-bond donors (Lipinski definition) is 2. The van der Waals surface area contributed by atoms with Crippen molar-refractivity contribution in [3.8, 4) is 0 Å². The molecule has 4 nitrogen and oxygen atoms in total. The van der Waals surface area contributed by atoms with Crippen molar-refractivity contribution < 1.29 is 9.53 Å². The standard InChI is InChI=1S/C11H15IN2O2.ClH/c1-16-10(7-13)6-11(15)14-9-4-2-8(12)3-5-9;/h2-5,10H,6-7,13H2,1H3,(H,14,15);1H. The minimum atomic E-state index is -0.219. The summed E-state index contributed by atoms with van der Waals surface area (Å²) in [6.45, 7) is 0.344. The molecular formula is C11H16ClIN2O2. The predicted octanol–water partition coefficient (Wildman–Crippen LogP) is 2.02. The monoisotopic (exact) mass is 370 g/mol. The Kier molecular flexibility index (Phi) is 8.49. The van der Waals surface area contributed by atoms with Gasteiger partial charge in [-0.05, 0) is 46.9 Å². The SMILES string of the molecule is COC(CN)CC(=O)Nc1ccc(I)cc1.Cl. The molecule has 1 aromatic carbocycles. The molecule has 3 N–H and O–H groups in total. The summed E-state index contributed by atoms with van der Waals surface area (Å²) in [5, 5.41) is 2.79. The average molecular weight is 371 g/mol. The quantitative estimate of drug-likeness (QED) is 0.780. The summed E-state index contributed by atoms with van der Waals surface area (Å²) in [7, 11) is 1.55. The van der Waals surface area contributed by atoms with Crippen LogP contribution in [-0.2, 0) is 9.53 Å². The Hall–Kier alpha value is -0.370. The molecule has 6 heteroatoms. The fraction of sp³-hybridized carbons (Fsp3) is 0.364. The number of rotatable bonds is 5. The number of nitrogens with two attached hydrogens (primary N) is 1. The van der Waals surface area contributed by atoms with Gasteiger partial charge in [-0.2, -0.15) is 0 Å². The van der Waals surface area contributed by atoms with Gasteiger partial charge in [0.1, 0.15) is 0 Å². The molecule has 0 bridgehead atoms. The van der Waals surface area contributed by atoms with Gasteiger partial charge in [-0.3, -0.25) is 4.79 Å². The number of hydrogen-bond acceptors (Lipinski definition) is 3. The minimum absolute atomic E-state index is 0. The third kappa shape index (κ3) is 6.21. The van der Waals surface area contributed by atoms with E-state index in [2.05, 4.69) is 27.9 Å². The fourth-order valence-corrected chi connectivity index (χ4v) is 1.57. The molecule has 0 aliphatic carbocycles. The Morgan fingerprint density at radius 1 is 1.47 bits per heavy atom. The topological polar surface area (TPSA) is 64.3 Å². The number of ether oxygens (including phenoxy) is 1. The molecule has 0 aliphatic rings. The van der Waals surface area contributed by atoms with Crippen LogP contribution in [0.5, 0.6) is 0 Å². The van der Waals surface area contributed by atoms with E-state index < -0.39 is 0 Å². The maximum Gasteiger partial charge on any atom is 0.227 e. The molecular weight excluding hydrogens is 354 g/mol. The van der Waals surface area contributed by atoms with E-state index in [-0.39, 0.29) is 30.8 Å². The smallest absolute Gasteiger partial charge is 0.227 e. The summed E-state index contributed by atoms with van der Waals surface area (Å²) >= 11 is 2.21. The molecule has 1 amide bonds. The van der Waals surface area contributed by atoms with Crippen molar-refractivity contribution >= 4 is 46.6 Å². The highest BCUT2D eigenvalue weighted by molar-refractivity contribution is 14.1. The third-order valence-electron chi connectivity index (χ3n) is 2.14. The third-order valence-corrected chi connectivity index (χ3v) is 2.86. The van der Waals surface area contributed by atoms with Gasteiger partial charge in [0.15, 0.2) is 0 Å². The second-order valence-corrected chi connectivity index (χ2v) is 4.60. The number of amides is 1. The Labute approximate surface area is 121 Å². The van der Waals surface area contributed by atoms with Gasteiger partial charge in [-0.15, -0.1) is 12.4 Å². The number of benzene rings is 1. The van der Waals surface area contributed by atoms with E-state index in [1.165, 1.54) is 0 Å². The van der Waals surface area contributed by atoms with Gasteiger partial charge < -0.3 is 15.8 Å². The number of anilines is 1. The van der Waals surface area contributed by atoms with E-state index in [0.717, 1.165) is 9.26 Å². The molecule has 96 valence electrons. The summed E-state index contributed by atoms with van der Waals surface area (Å²) in [5.41, 5.74) is 6.23. The van der Waals surface area contributed by atoms with Crippen LogP contribution < -0.4 is 11.1 Å². The van der Waals surface area contributed by atoms with Crippen LogP contribution in [0.15, 0.2) is 24.3 Å². The van der Waals surface area contributed by atoms with Crippen LogP contribution in [0.2, 0.25) is 0 Å². The van der Waals surface area contributed by atoms with E-state index in [1.807, 2.05) is 24.3 Å². The molecule has 1 atom stereocenters. The van der Waals surface area contributed by atoms with E-state index >= 15 is 0 Å². The first-order valence-corrected chi connectivity index (χ1v) is 6.02. The van der Waals surface area contributed by atoms with Crippen LogP contribution in [-0.4, -0.2) is 25.7 Å². The molecule has 17 heavy (non-hydrogen) atoms. The van der Waals surface area contributed by atoms with Crippen LogP contribution in [0.3, 0.4) is 0 Å². The zero-order chi connectivity index (χ0) is 12.0. The summed E-state index contributed by atoms with van der Waals surface area (Å²) in [4.78, 5) is 11.6. The normalized spacial score (nSPS) is 11.5. The molecule has 0 aliphatic heterocycles. The second-order valence-electron chi connectivity index (χ2n) is 3.35. The maximum atomic E-state index is 11.6. The highest BCUT2D eigenvalue weighted by Crippen LogP contribution is 2.11. The number of methoxy groups -OCH3 is 1. The molecule has 1 unspecified atom stereocenters. The molecule has 0 spiro atoms. The molecule has 0 aromatic heterocycles. The number of nitrogens with one attached hydrogen (secondary N) is 1. The molecule has 0 fully saturated rings. The summed E-state index contributed by atoms with van der Waals surface area (Å²) < 4.78 is 6.17. The summed E-state index contributed by atoms with van der Waals surface area (Å²) in [5.74, 6) is -0.0847. The van der Waals surface area contributed by atoms with Crippen molar-refractivity contribution in [2.24, 2.45) is 5.73 Å². The van der Waals surface area contributed by atoms with E-state index in [0.29, 0.717) is 6.54 Å². The van der Waals surface area contributed by atoms with Gasteiger partial charge in [-0.25, -0.2) is 0 Å². The highest BCUT2D eigenvalue weighted by atomic mass is 127. The molecule has 0 radical (unpaired) electrons. The first kappa shape index (κ1) is 16.6. The highest BCUT2D eigenvalue weighted by Gasteiger charge is 2.11. The van der Waals surface area contributed by atoms with Gasteiger partial charge in [0.05, 0.1) is 12.5 Å². The Morgan fingerprint density at radius 2 is 2.06 bits per heavy atom. The van der Waals surface area contributed by atoms with Crippen molar-refractivity contribution in [2.45, 2.75) is 12.5 Å². The lowest BCUT2D eigenvalue weighted by atomic mass is 10.2. The number of carbonyl (C=O) groups is 1. The maximum absolute atomic E-state index is 11.6. The van der Waals surface area contributed by atoms with E-state index in [1.54, 1.807) is 7.11 Å². The molecule has 1 rings (SSSR count). The summed E-state index contributed by atoms with van der Waals surface area (Å²) in [6.07, 6.45) is 0.0581. The first-order chi connectivity index (χ1) is 7.65. The minimum Gasteiger partial charge on any atom is -0.380 e. The van der Waals surface area contributed by atoms with Crippen molar-refractivity contribution in [3.63, 3.8) is 0 Å². The van der Waals surface area contributed by atoms with Crippen LogP contribution in [0, 0.1) is 3.57 Å². The van der Waals surface area contributed by atoms with Crippen LogP contribution in [0.25, 0.3) is 0 Å². The lowest BCUT2D eigenvalue weighted by Crippen LogP contribution is -2.28. The first-order valence-electron chi connectivity index (χ1n) is 4.94. The van der Waals surface area contributed by atoms with Crippen molar-refractivity contribution in [1.82, 2.24) is 0 Å². The Bertz CT molecular complexity index is 342. The Morgan fingerprint density at radius 3 is 2.53 bits per heavy atom. The van der Waals surface area contributed by atoms with Crippen LogP contribution >= 0.6 is 35.0 Å². The lowest BCUT2D eigenvalue weighted by Gasteiger charge is -2.12. The zero-order valence-corrected chi connectivity index (χ0v) is 12.5. The van der Waals surface area contributed by atoms with Gasteiger partial charge in [0.25, 0.3) is 0 Å². The van der Waals surface area contributed by atoms with Crippen LogP contribution in [0.1, 0.15) is 6.42 Å². The van der Waals surface area contributed by atoms with Crippen molar-refractivity contribution in [2.75, 3.05) is 19.0 Å². The number of carbonyl (C=O) groups excluding carboxylic acids is 1. The average Bonchev–Trinajstić information content (AvgIpc) is 2.29. The van der Waals surface area contributed by atoms with E-state index in [9.17, 15) is 4.79 Å². The Balaban J connectivity index is 0.00000256. The second kappa shape index (κ2) is 8.68. The summed E-state index contributed by atoms with van der Waals surface area (Å²) in [6, 6.07) is 7.60. The lowest BCUT2D eigenvalue weighted by molar-refractivity contribution is -0.118. The van der Waals surface area contributed by atoms with Crippen LogP contribution in [0.4, 0.5) is 5.69 Å². The molecule has 0 saturated heterocycles. The van der Waals surface area contributed by atoms with Crippen molar-refractivity contribution in [1.29, 1.82) is 0 Å². The van der Waals surface area contributed by atoms with Crippen molar-refractivity contribution in [3.05, 3.63) is 27.8 Å². The molecule has 0 heterocycles. The molecule has 1 aromatic rings. The fourth-order valence-electron chi connectivity index (χ4n) is 1.21. The van der Waals surface area contributed by atoms with E-state index in [4.69, 9.17) is 10.5 Å². The van der Waals surface area contributed by atoms with Gasteiger partial charge in [-0.1, -0.05) is 0 Å². The zero-order valence-electron chi connectivity index (χ0n) is 9.48. The van der Waals surface area contributed by atoms with Gasteiger partial charge in [0.2, 0.25) is 5.91 Å². The largest absolute Gasteiger partial charge is 0.380 e. The van der Waals surface area contributed by atoms with Gasteiger partial charge >= 0.3 is 0 Å².